The van der Waals surface area contributed by atoms with E-state index in [2.05, 4.69) is 12.2 Å². The van der Waals surface area contributed by atoms with Crippen LogP contribution in [0.3, 0.4) is 0 Å². The van der Waals surface area contributed by atoms with Crippen molar-refractivity contribution < 1.29 is 9.90 Å². The van der Waals surface area contributed by atoms with Gasteiger partial charge >= 0.3 is 5.97 Å². The summed E-state index contributed by atoms with van der Waals surface area (Å²) in [6.07, 6.45) is 27.9. The predicted molar refractivity (Wildman–Crippen MR) is 124 cm³/mol. The summed E-state index contributed by atoms with van der Waals surface area (Å²) < 4.78 is 0. The van der Waals surface area contributed by atoms with Gasteiger partial charge in [0.25, 0.3) is 0 Å². The Balaban J connectivity index is 0. The third-order valence-electron chi connectivity index (χ3n) is 5.48. The summed E-state index contributed by atoms with van der Waals surface area (Å²) in [5.41, 5.74) is 0. The van der Waals surface area contributed by atoms with E-state index < -0.39 is 5.97 Å². The highest BCUT2D eigenvalue weighted by Gasteiger charge is 1.96. The van der Waals surface area contributed by atoms with Crippen molar-refractivity contribution in [3.05, 3.63) is 0 Å². The number of unbranched alkanes of at least 4 members (excludes halogenated alkanes) is 19. The molecule has 164 valence electrons. The number of hydrogen-bond donors (Lipinski definition) is 2. The molecule has 0 heterocycles. The molecular weight excluding hydrogens is 359 g/mol. The van der Waals surface area contributed by atoms with Crippen molar-refractivity contribution in [2.24, 2.45) is 0 Å². The first-order valence-corrected chi connectivity index (χ1v) is 12.2. The molecule has 0 atom stereocenters. The quantitative estimate of drug-likeness (QED) is 0.140. The van der Waals surface area contributed by atoms with E-state index in [-0.39, 0.29) is 29.6 Å². The predicted octanol–water partition coefficient (Wildman–Crippen LogP) is 7.10. The Bertz CT molecular complexity index is 300. The number of nitrogens with one attached hydrogen (secondary N) is 1. The molecule has 0 aromatic heterocycles. The largest absolute Gasteiger partial charge is 0.480 e. The van der Waals surface area contributed by atoms with E-state index in [4.69, 9.17) is 5.11 Å². The van der Waals surface area contributed by atoms with E-state index in [0.29, 0.717) is 0 Å². The summed E-state index contributed by atoms with van der Waals surface area (Å²) in [6.45, 7) is 3.22. The number of carboxylic acid groups (broad SMARTS) is 1. The van der Waals surface area contributed by atoms with E-state index in [1.54, 1.807) is 0 Å². The lowest BCUT2D eigenvalue weighted by molar-refractivity contribution is -0.135. The van der Waals surface area contributed by atoms with Crippen LogP contribution in [0, 0.1) is 0 Å². The fourth-order valence-corrected chi connectivity index (χ4v) is 3.70. The van der Waals surface area contributed by atoms with Gasteiger partial charge in [-0.25, -0.2) is 0 Å². The van der Waals surface area contributed by atoms with Crippen molar-refractivity contribution in [3.63, 3.8) is 0 Å². The Morgan fingerprint density at radius 3 is 1.14 bits per heavy atom. The molecule has 0 aromatic carbocycles. The van der Waals surface area contributed by atoms with Gasteiger partial charge in [0, 0.05) is 23.1 Å². The molecule has 4 heteroatoms. The van der Waals surface area contributed by atoms with Crippen LogP contribution in [0.2, 0.25) is 0 Å². The van der Waals surface area contributed by atoms with Crippen molar-refractivity contribution in [1.82, 2.24) is 5.32 Å². The molecule has 0 aromatic rings. The van der Waals surface area contributed by atoms with Gasteiger partial charge in [0.05, 0.1) is 6.54 Å². The minimum Gasteiger partial charge on any atom is -0.480 e. The third-order valence-corrected chi connectivity index (χ3v) is 5.48. The molecule has 3 nitrogen and oxygen atoms in total. The fraction of sp³-hybridized carbons (Fsp3) is 0.958. The van der Waals surface area contributed by atoms with Gasteiger partial charge in [0.15, 0.2) is 0 Å². The maximum atomic E-state index is 10.3. The standard InChI is InChI=1S/C24H49NO2.Mg/c1-2-3-4-5-6-7-8-9-10-11-12-13-14-15-16-17-18-19-20-21-22-25-23-24(26)27;/h25H,2-23H2,1H3,(H,26,27);. The highest BCUT2D eigenvalue weighted by molar-refractivity contribution is 5.75. The lowest BCUT2D eigenvalue weighted by Gasteiger charge is -2.04. The SMILES string of the molecule is CCCCCCCCCCCCCCCCCCCCCCNCC(=O)O.[Mg]. The number of aliphatic carboxylic acids is 1. The number of carboxylic acids is 1. The second-order valence-corrected chi connectivity index (χ2v) is 8.29. The van der Waals surface area contributed by atoms with Gasteiger partial charge in [-0.2, -0.15) is 0 Å². The van der Waals surface area contributed by atoms with E-state index in [1.807, 2.05) is 0 Å². The van der Waals surface area contributed by atoms with Crippen LogP contribution in [0.15, 0.2) is 0 Å². The second-order valence-electron chi connectivity index (χ2n) is 8.29. The molecule has 28 heavy (non-hydrogen) atoms. The lowest BCUT2D eigenvalue weighted by Crippen LogP contribution is -2.23. The second kappa shape index (κ2) is 27.2. The summed E-state index contributed by atoms with van der Waals surface area (Å²) >= 11 is 0. The monoisotopic (exact) mass is 407 g/mol. The zero-order chi connectivity index (χ0) is 19.8. The van der Waals surface area contributed by atoms with Gasteiger partial charge in [-0.3, -0.25) is 4.79 Å². The van der Waals surface area contributed by atoms with E-state index in [0.717, 1.165) is 13.0 Å². The van der Waals surface area contributed by atoms with E-state index in [9.17, 15) is 4.79 Å². The van der Waals surface area contributed by atoms with Crippen LogP contribution in [-0.2, 0) is 4.79 Å². The molecule has 0 aliphatic heterocycles. The van der Waals surface area contributed by atoms with Crippen LogP contribution in [0.25, 0.3) is 0 Å². The maximum Gasteiger partial charge on any atom is 0.317 e. The average Bonchev–Trinajstić information content (AvgIpc) is 2.65. The number of hydrogen-bond acceptors (Lipinski definition) is 2. The average molecular weight is 408 g/mol. The summed E-state index contributed by atoms with van der Waals surface area (Å²) in [5.74, 6) is -0.761. The van der Waals surface area contributed by atoms with Crippen molar-refractivity contribution in [3.8, 4) is 0 Å². The Morgan fingerprint density at radius 2 is 0.857 bits per heavy atom. The van der Waals surface area contributed by atoms with Crippen molar-refractivity contribution >= 4 is 29.0 Å². The van der Waals surface area contributed by atoms with E-state index in [1.165, 1.54) is 122 Å². The van der Waals surface area contributed by atoms with Crippen LogP contribution in [0.5, 0.6) is 0 Å². The molecule has 0 fully saturated rings. The lowest BCUT2D eigenvalue weighted by atomic mass is 10.0. The normalized spacial score (nSPS) is 10.8. The van der Waals surface area contributed by atoms with Crippen molar-refractivity contribution in [2.45, 2.75) is 135 Å². The van der Waals surface area contributed by atoms with Gasteiger partial charge in [-0.1, -0.05) is 129 Å². The summed E-state index contributed by atoms with van der Waals surface area (Å²) in [6, 6.07) is 0. The van der Waals surface area contributed by atoms with Crippen LogP contribution in [0.4, 0.5) is 0 Å². The molecule has 0 rings (SSSR count). The van der Waals surface area contributed by atoms with E-state index >= 15 is 0 Å². The molecule has 0 unspecified atom stereocenters. The molecule has 0 amide bonds. The molecule has 2 N–H and O–H groups in total. The zero-order valence-electron chi connectivity index (χ0n) is 19.1. The van der Waals surface area contributed by atoms with Crippen LogP contribution in [-0.4, -0.2) is 47.2 Å². The Morgan fingerprint density at radius 1 is 0.571 bits per heavy atom. The minimum atomic E-state index is -0.761. The molecule has 0 saturated heterocycles. The summed E-state index contributed by atoms with van der Waals surface area (Å²) in [7, 11) is 0. The number of rotatable bonds is 23. The smallest absolute Gasteiger partial charge is 0.317 e. The first kappa shape index (κ1) is 30.4. The molecule has 0 spiro atoms. The first-order chi connectivity index (χ1) is 13.3. The number of carbonyl (C=O) groups is 1. The van der Waals surface area contributed by atoms with Gasteiger partial charge in [0.2, 0.25) is 0 Å². The molecule has 0 aliphatic rings. The van der Waals surface area contributed by atoms with Crippen LogP contribution < -0.4 is 5.32 Å². The van der Waals surface area contributed by atoms with Crippen molar-refractivity contribution in [1.29, 1.82) is 0 Å². The molecule has 0 saturated carbocycles. The van der Waals surface area contributed by atoms with Gasteiger partial charge in [-0.15, -0.1) is 0 Å². The zero-order valence-corrected chi connectivity index (χ0v) is 20.5. The highest BCUT2D eigenvalue weighted by atomic mass is 24.3. The Kier molecular flexibility index (Phi) is 29.5. The maximum absolute atomic E-state index is 10.3. The Hall–Kier alpha value is 0.196. The first-order valence-electron chi connectivity index (χ1n) is 12.2. The van der Waals surface area contributed by atoms with Gasteiger partial charge < -0.3 is 10.4 Å². The minimum absolute atomic E-state index is 0. The van der Waals surface area contributed by atoms with Gasteiger partial charge in [0.1, 0.15) is 0 Å². The topological polar surface area (TPSA) is 49.3 Å². The Labute approximate surface area is 192 Å². The van der Waals surface area contributed by atoms with Crippen LogP contribution >= 0.6 is 0 Å². The molecule has 0 aliphatic carbocycles. The van der Waals surface area contributed by atoms with Crippen molar-refractivity contribution in [2.75, 3.05) is 13.1 Å². The summed E-state index contributed by atoms with van der Waals surface area (Å²) in [4.78, 5) is 10.3. The van der Waals surface area contributed by atoms with Gasteiger partial charge in [-0.05, 0) is 13.0 Å². The fourth-order valence-electron chi connectivity index (χ4n) is 3.70. The molecular formula is C24H49MgNO2. The summed E-state index contributed by atoms with van der Waals surface area (Å²) in [5, 5.41) is 11.5. The van der Waals surface area contributed by atoms with Crippen LogP contribution in [0.1, 0.15) is 135 Å². The highest BCUT2D eigenvalue weighted by Crippen LogP contribution is 2.14. The molecule has 2 radical (unpaired) electrons. The third kappa shape index (κ3) is 28.4. The molecule has 0 bridgehead atoms.